The number of ether oxygens (including phenoxy) is 1. The number of carbonyl (C=O) groups excluding carboxylic acids is 1. The quantitative estimate of drug-likeness (QED) is 0.849. The fraction of sp³-hybridized carbons (Fsp3) is 0.286. The lowest BCUT2D eigenvalue weighted by Crippen LogP contribution is -2.26. The molecule has 20 heavy (non-hydrogen) atoms. The Balaban J connectivity index is 2.19. The monoisotopic (exact) mass is 310 g/mol. The lowest BCUT2D eigenvalue weighted by molar-refractivity contribution is 0.0781. The average Bonchev–Trinajstić information content (AvgIpc) is 2.91. The molecule has 1 aromatic heterocycles. The molecular formula is C14H15ClN2O2S. The highest BCUT2D eigenvalue weighted by Crippen LogP contribution is 2.25. The number of carbonyl (C=O) groups is 1. The summed E-state index contributed by atoms with van der Waals surface area (Å²) in [6.07, 6.45) is 1.73. The molecular weight excluding hydrogens is 296 g/mol. The van der Waals surface area contributed by atoms with Crippen LogP contribution in [0.25, 0.3) is 0 Å². The number of hydrogen-bond donors (Lipinski definition) is 0. The van der Waals surface area contributed by atoms with Crippen molar-refractivity contribution in [2.75, 3.05) is 13.7 Å². The summed E-state index contributed by atoms with van der Waals surface area (Å²) in [6, 6.07) is 5.04. The van der Waals surface area contributed by atoms with Gasteiger partial charge >= 0.3 is 0 Å². The van der Waals surface area contributed by atoms with Crippen LogP contribution in [0.5, 0.6) is 5.75 Å². The average molecular weight is 311 g/mol. The van der Waals surface area contributed by atoms with Gasteiger partial charge in [0.25, 0.3) is 5.91 Å². The number of hydrogen-bond acceptors (Lipinski definition) is 4. The minimum Gasteiger partial charge on any atom is -0.493 e. The number of nitrogens with zero attached hydrogens (tertiary/aromatic N) is 2. The third kappa shape index (κ3) is 3.49. The highest BCUT2D eigenvalue weighted by molar-refractivity contribution is 7.09. The molecule has 2 aromatic rings. The summed E-state index contributed by atoms with van der Waals surface area (Å²) >= 11 is 7.46. The van der Waals surface area contributed by atoms with Gasteiger partial charge in [0.05, 0.1) is 18.7 Å². The number of thiazole rings is 1. The van der Waals surface area contributed by atoms with E-state index in [1.807, 2.05) is 12.3 Å². The first-order valence-corrected chi connectivity index (χ1v) is 7.43. The van der Waals surface area contributed by atoms with E-state index in [4.69, 9.17) is 16.3 Å². The van der Waals surface area contributed by atoms with Crippen molar-refractivity contribution >= 4 is 28.8 Å². The van der Waals surface area contributed by atoms with E-state index in [2.05, 4.69) is 4.98 Å². The highest BCUT2D eigenvalue weighted by Gasteiger charge is 2.18. The van der Waals surface area contributed by atoms with Gasteiger partial charge in [0.15, 0.2) is 0 Å². The van der Waals surface area contributed by atoms with Gasteiger partial charge in [-0.25, -0.2) is 4.98 Å². The first kappa shape index (κ1) is 14.8. The molecule has 0 saturated carbocycles. The Morgan fingerprint density at radius 3 is 2.95 bits per heavy atom. The van der Waals surface area contributed by atoms with Gasteiger partial charge < -0.3 is 9.64 Å². The van der Waals surface area contributed by atoms with E-state index in [0.29, 0.717) is 29.5 Å². The van der Waals surface area contributed by atoms with E-state index in [-0.39, 0.29) is 5.91 Å². The van der Waals surface area contributed by atoms with Crippen LogP contribution in [0, 0.1) is 0 Å². The lowest BCUT2D eigenvalue weighted by atomic mass is 10.1. The van der Waals surface area contributed by atoms with Crippen molar-refractivity contribution in [3.63, 3.8) is 0 Å². The molecule has 0 aliphatic rings. The number of benzene rings is 1. The predicted molar refractivity (Wildman–Crippen MR) is 80.5 cm³/mol. The molecule has 0 aliphatic heterocycles. The molecule has 0 saturated heterocycles. The summed E-state index contributed by atoms with van der Waals surface area (Å²) in [5, 5.41) is 3.34. The van der Waals surface area contributed by atoms with Crippen LogP contribution in [-0.4, -0.2) is 29.4 Å². The molecule has 0 fully saturated rings. The highest BCUT2D eigenvalue weighted by atomic mass is 35.5. The van der Waals surface area contributed by atoms with Crippen molar-refractivity contribution in [2.24, 2.45) is 0 Å². The van der Waals surface area contributed by atoms with Gasteiger partial charge in [-0.3, -0.25) is 4.79 Å². The minimum atomic E-state index is -0.111. The van der Waals surface area contributed by atoms with Crippen molar-refractivity contribution in [3.8, 4) is 5.75 Å². The summed E-state index contributed by atoms with van der Waals surface area (Å²) < 4.78 is 5.48. The van der Waals surface area contributed by atoms with Crippen LogP contribution in [0.15, 0.2) is 29.8 Å². The Hall–Kier alpha value is -1.59. The van der Waals surface area contributed by atoms with E-state index in [1.54, 1.807) is 36.3 Å². The van der Waals surface area contributed by atoms with Crippen molar-refractivity contribution in [2.45, 2.75) is 13.5 Å². The fourth-order valence-corrected chi connectivity index (χ4v) is 2.59. The minimum absolute atomic E-state index is 0.111. The Bertz CT molecular complexity index is 587. The molecule has 0 spiro atoms. The largest absolute Gasteiger partial charge is 0.493 e. The van der Waals surface area contributed by atoms with Crippen LogP contribution in [-0.2, 0) is 6.54 Å². The van der Waals surface area contributed by atoms with E-state index in [1.165, 1.54) is 11.3 Å². The molecule has 6 heteroatoms. The molecule has 0 radical (unpaired) electrons. The van der Waals surface area contributed by atoms with Crippen molar-refractivity contribution in [1.82, 2.24) is 9.88 Å². The van der Waals surface area contributed by atoms with Crippen LogP contribution in [0.3, 0.4) is 0 Å². The Labute approximate surface area is 127 Å². The van der Waals surface area contributed by atoms with Crippen LogP contribution in [0.4, 0.5) is 0 Å². The van der Waals surface area contributed by atoms with Gasteiger partial charge in [0.1, 0.15) is 10.8 Å². The molecule has 0 aliphatic carbocycles. The van der Waals surface area contributed by atoms with E-state index in [0.717, 1.165) is 5.01 Å². The normalized spacial score (nSPS) is 10.3. The standard InChI is InChI=1S/C14H15ClN2O2S/c1-3-19-12-8-10(15)4-5-11(12)14(18)17(2)9-13-16-6-7-20-13/h4-8H,3,9H2,1-2H3. The second-order valence-electron chi connectivity index (χ2n) is 4.16. The van der Waals surface area contributed by atoms with Gasteiger partial charge in [-0.1, -0.05) is 11.6 Å². The number of halogens is 1. The number of aromatic nitrogens is 1. The SMILES string of the molecule is CCOc1cc(Cl)ccc1C(=O)N(C)Cc1nccs1. The molecule has 4 nitrogen and oxygen atoms in total. The lowest BCUT2D eigenvalue weighted by Gasteiger charge is -2.18. The smallest absolute Gasteiger partial charge is 0.257 e. The summed E-state index contributed by atoms with van der Waals surface area (Å²) in [7, 11) is 1.74. The fourth-order valence-electron chi connectivity index (χ4n) is 1.76. The van der Waals surface area contributed by atoms with Crippen molar-refractivity contribution in [3.05, 3.63) is 45.4 Å². The molecule has 2 rings (SSSR count). The molecule has 106 valence electrons. The zero-order valence-corrected chi connectivity index (χ0v) is 12.9. The molecule has 1 heterocycles. The second-order valence-corrected chi connectivity index (χ2v) is 5.58. The number of amides is 1. The molecule has 1 amide bonds. The van der Waals surface area contributed by atoms with Gasteiger partial charge in [-0.05, 0) is 25.1 Å². The summed E-state index contributed by atoms with van der Waals surface area (Å²) in [5.41, 5.74) is 0.510. The maximum atomic E-state index is 12.5. The Morgan fingerprint density at radius 2 is 2.30 bits per heavy atom. The molecule has 0 N–H and O–H groups in total. The van der Waals surface area contributed by atoms with Gasteiger partial charge in [0, 0.05) is 23.6 Å². The summed E-state index contributed by atoms with van der Waals surface area (Å²) in [6.45, 7) is 2.83. The van der Waals surface area contributed by atoms with Gasteiger partial charge in [-0.2, -0.15) is 0 Å². The van der Waals surface area contributed by atoms with Crippen molar-refractivity contribution in [1.29, 1.82) is 0 Å². The molecule has 0 unspecified atom stereocenters. The van der Waals surface area contributed by atoms with Crippen LogP contribution in [0.2, 0.25) is 5.02 Å². The van der Waals surface area contributed by atoms with Gasteiger partial charge in [0.2, 0.25) is 0 Å². The molecule has 0 bridgehead atoms. The van der Waals surface area contributed by atoms with Crippen LogP contribution in [0.1, 0.15) is 22.3 Å². The molecule has 1 aromatic carbocycles. The summed E-state index contributed by atoms with van der Waals surface area (Å²) in [5.74, 6) is 0.399. The first-order chi connectivity index (χ1) is 9.61. The van der Waals surface area contributed by atoms with Gasteiger partial charge in [-0.15, -0.1) is 11.3 Å². The van der Waals surface area contributed by atoms with Crippen molar-refractivity contribution < 1.29 is 9.53 Å². The van der Waals surface area contributed by atoms with E-state index in [9.17, 15) is 4.79 Å². The summed E-state index contributed by atoms with van der Waals surface area (Å²) in [4.78, 5) is 18.3. The van der Waals surface area contributed by atoms with Crippen LogP contribution < -0.4 is 4.74 Å². The molecule has 0 atom stereocenters. The zero-order valence-electron chi connectivity index (χ0n) is 11.3. The third-order valence-electron chi connectivity index (χ3n) is 2.68. The maximum Gasteiger partial charge on any atom is 0.257 e. The predicted octanol–water partition coefficient (Wildman–Crippen LogP) is 3.47. The van der Waals surface area contributed by atoms with E-state index < -0.39 is 0 Å². The first-order valence-electron chi connectivity index (χ1n) is 6.18. The van der Waals surface area contributed by atoms with Crippen LogP contribution >= 0.6 is 22.9 Å². The van der Waals surface area contributed by atoms with E-state index >= 15 is 0 Å². The zero-order chi connectivity index (χ0) is 14.5. The topological polar surface area (TPSA) is 42.4 Å². The number of rotatable bonds is 5. The second kappa shape index (κ2) is 6.72. The maximum absolute atomic E-state index is 12.5. The Morgan fingerprint density at radius 1 is 1.50 bits per heavy atom. The third-order valence-corrected chi connectivity index (χ3v) is 3.68. The Kier molecular flexibility index (Phi) is 4.98.